The van der Waals surface area contributed by atoms with Crippen molar-refractivity contribution in [1.29, 1.82) is 0 Å². The lowest BCUT2D eigenvalue weighted by molar-refractivity contribution is -0.206. The van der Waals surface area contributed by atoms with Crippen LogP contribution in [0, 0.1) is 28.6 Å². The van der Waals surface area contributed by atoms with E-state index in [-0.39, 0.29) is 29.1 Å². The molecule has 0 aromatic carbocycles. The summed E-state index contributed by atoms with van der Waals surface area (Å²) in [6.45, 7) is 4.35. The molecule has 4 rings (SSSR count). The molecule has 1 N–H and O–H groups in total. The van der Waals surface area contributed by atoms with Crippen LogP contribution in [0.25, 0.3) is 0 Å². The number of thioether (sulfide) groups is 1. The number of ketones is 1. The fraction of sp³-hybridized carbons (Fsp3) is 0.826. The molecule has 4 aliphatic carbocycles. The van der Waals surface area contributed by atoms with E-state index in [0.29, 0.717) is 31.1 Å². The molecule has 0 bridgehead atoms. The molecule has 7 atom stereocenters. The number of allylic oxidation sites excluding steroid dienone is 1. The summed E-state index contributed by atoms with van der Waals surface area (Å²) in [6.07, 6.45) is 8.43. The lowest BCUT2D eigenvalue weighted by Gasteiger charge is -2.60. The van der Waals surface area contributed by atoms with Gasteiger partial charge in [0.1, 0.15) is 0 Å². The van der Waals surface area contributed by atoms with Crippen LogP contribution in [0.4, 0.5) is 0 Å². The highest BCUT2D eigenvalue weighted by molar-refractivity contribution is 7.98. The van der Waals surface area contributed by atoms with Crippen LogP contribution in [0.5, 0.6) is 0 Å². The molecule has 0 radical (unpaired) electrons. The van der Waals surface area contributed by atoms with Gasteiger partial charge in [0.15, 0.2) is 17.5 Å². The SMILES string of the molecule is CSCOC1(C(=O)OCCl)CC[C@H]2[C@@H]3CCC4=CC(=O)CC[C@]4(C)[C@@H]3C(O)C[C@@]21C. The smallest absolute Gasteiger partial charge is 0.340 e. The molecule has 5 nitrogen and oxygen atoms in total. The molecule has 3 fully saturated rings. The molecule has 2 unspecified atom stereocenters. The average molecular weight is 457 g/mol. The fourth-order valence-electron chi connectivity index (χ4n) is 7.63. The van der Waals surface area contributed by atoms with Gasteiger partial charge in [-0.05, 0) is 74.0 Å². The molecule has 0 heterocycles. The first kappa shape index (κ1) is 22.6. The Morgan fingerprint density at radius 2 is 2.07 bits per heavy atom. The van der Waals surface area contributed by atoms with Crippen molar-refractivity contribution < 1.29 is 24.2 Å². The Bertz CT molecular complexity index is 756. The zero-order valence-electron chi connectivity index (χ0n) is 18.1. The maximum Gasteiger partial charge on any atom is 0.340 e. The van der Waals surface area contributed by atoms with E-state index in [2.05, 4.69) is 13.8 Å². The highest BCUT2D eigenvalue weighted by atomic mass is 35.5. The Morgan fingerprint density at radius 3 is 2.77 bits per heavy atom. The van der Waals surface area contributed by atoms with E-state index in [1.807, 2.05) is 12.3 Å². The Hall–Kier alpha value is -0.560. The molecule has 30 heavy (non-hydrogen) atoms. The van der Waals surface area contributed by atoms with Gasteiger partial charge in [-0.1, -0.05) is 31.0 Å². The second-order valence-electron chi connectivity index (χ2n) is 10.0. The molecule has 0 saturated heterocycles. The highest BCUT2D eigenvalue weighted by Crippen LogP contribution is 2.68. The van der Waals surface area contributed by atoms with Crippen molar-refractivity contribution in [2.24, 2.45) is 28.6 Å². The van der Waals surface area contributed by atoms with Crippen LogP contribution in [0.15, 0.2) is 11.6 Å². The number of hydrogen-bond donors (Lipinski definition) is 1. The quantitative estimate of drug-likeness (QED) is 0.377. The van der Waals surface area contributed by atoms with Crippen LogP contribution >= 0.6 is 23.4 Å². The van der Waals surface area contributed by atoms with E-state index in [1.54, 1.807) is 0 Å². The van der Waals surface area contributed by atoms with Crippen LogP contribution in [0.2, 0.25) is 0 Å². The molecule has 0 aromatic rings. The number of aliphatic hydroxyl groups excluding tert-OH is 1. The number of rotatable bonds is 5. The van der Waals surface area contributed by atoms with Gasteiger partial charge in [0.05, 0.1) is 12.0 Å². The first-order valence-corrected chi connectivity index (χ1v) is 12.9. The van der Waals surface area contributed by atoms with Gasteiger partial charge in [0, 0.05) is 11.8 Å². The summed E-state index contributed by atoms with van der Waals surface area (Å²) in [6, 6.07) is -0.196. The molecule has 4 aliphatic rings. The lowest BCUT2D eigenvalue weighted by Crippen LogP contribution is -2.62. The Balaban J connectivity index is 1.72. The number of alkyl halides is 1. The first-order valence-electron chi connectivity index (χ1n) is 11.0. The molecule has 7 heteroatoms. The van der Waals surface area contributed by atoms with Crippen molar-refractivity contribution >= 4 is 35.1 Å². The van der Waals surface area contributed by atoms with Crippen molar-refractivity contribution in [3.05, 3.63) is 11.6 Å². The van der Waals surface area contributed by atoms with E-state index in [4.69, 9.17) is 21.1 Å². The zero-order valence-corrected chi connectivity index (χ0v) is 19.7. The lowest BCUT2D eigenvalue weighted by atomic mass is 9.45. The van der Waals surface area contributed by atoms with Crippen LogP contribution in [-0.2, 0) is 19.1 Å². The molecule has 0 aliphatic heterocycles. The predicted octanol–water partition coefficient (Wildman–Crippen LogP) is 4.30. The summed E-state index contributed by atoms with van der Waals surface area (Å²) in [7, 11) is 0. The third kappa shape index (κ3) is 3.12. The number of esters is 1. The van der Waals surface area contributed by atoms with Crippen LogP contribution in [-0.4, -0.2) is 46.8 Å². The number of aliphatic hydroxyl groups is 1. The second kappa shape index (κ2) is 8.09. The molecular weight excluding hydrogens is 424 g/mol. The third-order valence-corrected chi connectivity index (χ3v) is 9.42. The van der Waals surface area contributed by atoms with Crippen LogP contribution in [0.1, 0.15) is 58.8 Å². The van der Waals surface area contributed by atoms with Crippen molar-refractivity contribution in [1.82, 2.24) is 0 Å². The van der Waals surface area contributed by atoms with Gasteiger partial charge in [-0.15, -0.1) is 11.8 Å². The van der Waals surface area contributed by atoms with Gasteiger partial charge >= 0.3 is 5.97 Å². The minimum Gasteiger partial charge on any atom is -0.447 e. The number of hydrogen-bond acceptors (Lipinski definition) is 6. The number of carbonyl (C=O) groups excluding carboxylic acids is 2. The molecule has 168 valence electrons. The van der Waals surface area contributed by atoms with E-state index >= 15 is 0 Å². The third-order valence-electron chi connectivity index (χ3n) is 8.95. The molecule has 3 saturated carbocycles. The highest BCUT2D eigenvalue weighted by Gasteiger charge is 2.70. The zero-order chi connectivity index (χ0) is 21.7. The van der Waals surface area contributed by atoms with Gasteiger partial charge < -0.3 is 14.6 Å². The Morgan fingerprint density at radius 1 is 1.30 bits per heavy atom. The average Bonchev–Trinajstić information content (AvgIpc) is 2.99. The fourth-order valence-corrected chi connectivity index (χ4v) is 8.05. The Kier molecular flexibility index (Phi) is 6.10. The maximum absolute atomic E-state index is 13.2. The van der Waals surface area contributed by atoms with E-state index in [0.717, 1.165) is 25.7 Å². The van der Waals surface area contributed by atoms with Crippen molar-refractivity contribution in [3.8, 4) is 0 Å². The maximum atomic E-state index is 13.2. The minimum atomic E-state index is -1.07. The largest absolute Gasteiger partial charge is 0.447 e. The standard InChI is InChI=1S/C23H33ClO5S/c1-21-8-6-15(25)10-14(21)4-5-16-17-7-9-23(29-13-30-3,20(27)28-12-24)22(17,2)11-18(26)19(16)21/h10,16-19,26H,4-9,11-13H2,1-3H3/t16-,17-,18?,19-,21-,22-,23?/m0/s1. The van der Waals surface area contributed by atoms with Gasteiger partial charge in [-0.2, -0.15) is 0 Å². The molecular formula is C23H33ClO5S. The van der Waals surface area contributed by atoms with Crippen LogP contribution in [0.3, 0.4) is 0 Å². The summed E-state index contributed by atoms with van der Waals surface area (Å²) in [5, 5.41) is 11.5. The summed E-state index contributed by atoms with van der Waals surface area (Å²) < 4.78 is 11.6. The van der Waals surface area contributed by atoms with Crippen LogP contribution < -0.4 is 0 Å². The monoisotopic (exact) mass is 456 g/mol. The topological polar surface area (TPSA) is 72.8 Å². The van der Waals surface area contributed by atoms with Gasteiger partial charge in [-0.25, -0.2) is 4.79 Å². The summed E-state index contributed by atoms with van der Waals surface area (Å²) in [5.41, 5.74) is -0.498. The summed E-state index contributed by atoms with van der Waals surface area (Å²) in [4.78, 5) is 25.2. The van der Waals surface area contributed by atoms with Gasteiger partial charge in [-0.3, -0.25) is 4.79 Å². The van der Waals surface area contributed by atoms with E-state index in [1.165, 1.54) is 17.3 Å². The van der Waals surface area contributed by atoms with Crippen molar-refractivity contribution in [3.63, 3.8) is 0 Å². The Labute approximate surface area is 188 Å². The summed E-state index contributed by atoms with van der Waals surface area (Å²) >= 11 is 7.28. The van der Waals surface area contributed by atoms with Crippen molar-refractivity contribution in [2.45, 2.75) is 70.5 Å². The minimum absolute atomic E-state index is 0.115. The van der Waals surface area contributed by atoms with E-state index < -0.39 is 23.1 Å². The number of halogens is 1. The van der Waals surface area contributed by atoms with Crippen molar-refractivity contribution in [2.75, 3.05) is 18.3 Å². The molecule has 0 aromatic heterocycles. The number of fused-ring (bicyclic) bond motifs is 5. The van der Waals surface area contributed by atoms with Gasteiger partial charge in [0.25, 0.3) is 0 Å². The van der Waals surface area contributed by atoms with E-state index in [9.17, 15) is 14.7 Å². The number of carbonyl (C=O) groups is 2. The predicted molar refractivity (Wildman–Crippen MR) is 117 cm³/mol. The summed E-state index contributed by atoms with van der Waals surface area (Å²) in [5.74, 6) is 0.906. The normalized spacial score (nSPS) is 45.2. The molecule has 0 amide bonds. The first-order chi connectivity index (χ1) is 14.2. The second-order valence-corrected chi connectivity index (χ2v) is 11.1. The molecule has 0 spiro atoms. The number of ether oxygens (including phenoxy) is 2. The van der Waals surface area contributed by atoms with Gasteiger partial charge in [0.2, 0.25) is 0 Å².